The van der Waals surface area contributed by atoms with Crippen molar-refractivity contribution in [3.8, 4) is 0 Å². The van der Waals surface area contributed by atoms with Gasteiger partial charge in [0.15, 0.2) is 0 Å². The molecule has 0 aromatic heterocycles. The summed E-state index contributed by atoms with van der Waals surface area (Å²) in [4.78, 5) is 2.47. The van der Waals surface area contributed by atoms with Gasteiger partial charge in [-0.2, -0.15) is 0 Å². The summed E-state index contributed by atoms with van der Waals surface area (Å²) in [6.07, 6.45) is 3.76. The Balaban J connectivity index is 2.23. The van der Waals surface area contributed by atoms with E-state index in [0.717, 1.165) is 13.1 Å². The quantitative estimate of drug-likeness (QED) is 0.913. The largest absolute Gasteiger partial charge is 0.329 e. The van der Waals surface area contributed by atoms with E-state index in [4.69, 9.17) is 5.73 Å². The molecule has 3 heteroatoms. The summed E-state index contributed by atoms with van der Waals surface area (Å²) in [5, 5.41) is 0. The van der Waals surface area contributed by atoms with Crippen molar-refractivity contribution in [2.24, 2.45) is 11.1 Å². The Morgan fingerprint density at radius 3 is 2.47 bits per heavy atom. The number of benzene rings is 1. The second-order valence-corrected chi connectivity index (χ2v) is 7.27. The first-order valence-corrected chi connectivity index (χ1v) is 7.87. The maximum Gasteiger partial charge on any atom is 0.0383 e. The predicted octanol–water partition coefficient (Wildman–Crippen LogP) is 3.79. The standard InChI is InChI=1S/C16H25BrN2/c1-15(2)9-6-10-16(15,12-18)19(3)11-13-7-4-5-8-14(13)17/h4-5,7-8H,6,9-12,18H2,1-3H3. The number of nitrogens with zero attached hydrogens (tertiary/aromatic N) is 1. The highest BCUT2D eigenvalue weighted by atomic mass is 79.9. The monoisotopic (exact) mass is 324 g/mol. The first-order valence-electron chi connectivity index (χ1n) is 7.08. The van der Waals surface area contributed by atoms with Gasteiger partial charge in [-0.15, -0.1) is 0 Å². The van der Waals surface area contributed by atoms with E-state index in [2.05, 4.69) is 66.0 Å². The second kappa shape index (κ2) is 5.55. The van der Waals surface area contributed by atoms with Crippen molar-refractivity contribution in [2.75, 3.05) is 13.6 Å². The minimum absolute atomic E-state index is 0.127. The minimum atomic E-state index is 0.127. The van der Waals surface area contributed by atoms with Crippen LogP contribution in [0.1, 0.15) is 38.7 Å². The maximum atomic E-state index is 6.18. The van der Waals surface area contributed by atoms with Gasteiger partial charge in [0.25, 0.3) is 0 Å². The average Bonchev–Trinajstić information content (AvgIpc) is 2.68. The molecule has 1 aliphatic rings. The van der Waals surface area contributed by atoms with E-state index in [1.54, 1.807) is 0 Å². The van der Waals surface area contributed by atoms with Gasteiger partial charge < -0.3 is 5.73 Å². The molecule has 106 valence electrons. The number of hydrogen-bond acceptors (Lipinski definition) is 2. The zero-order valence-corrected chi connectivity index (χ0v) is 13.8. The Morgan fingerprint density at radius 1 is 1.26 bits per heavy atom. The van der Waals surface area contributed by atoms with Crippen LogP contribution in [0.5, 0.6) is 0 Å². The molecule has 19 heavy (non-hydrogen) atoms. The molecular weight excluding hydrogens is 300 g/mol. The van der Waals surface area contributed by atoms with Crippen LogP contribution < -0.4 is 5.73 Å². The van der Waals surface area contributed by atoms with Crippen molar-refractivity contribution in [1.82, 2.24) is 4.90 Å². The molecule has 1 atom stereocenters. The number of rotatable bonds is 4. The van der Waals surface area contributed by atoms with E-state index in [1.807, 2.05) is 0 Å². The first kappa shape index (κ1) is 15.0. The molecule has 0 saturated heterocycles. The fourth-order valence-electron chi connectivity index (χ4n) is 3.67. The Kier molecular flexibility index (Phi) is 4.38. The molecule has 0 amide bonds. The molecule has 0 radical (unpaired) electrons. The minimum Gasteiger partial charge on any atom is -0.329 e. The van der Waals surface area contributed by atoms with Gasteiger partial charge in [0.1, 0.15) is 0 Å². The Morgan fingerprint density at radius 2 is 1.95 bits per heavy atom. The third-order valence-electron chi connectivity index (χ3n) is 5.09. The summed E-state index contributed by atoms with van der Waals surface area (Å²) >= 11 is 3.64. The van der Waals surface area contributed by atoms with Crippen LogP contribution >= 0.6 is 15.9 Å². The second-order valence-electron chi connectivity index (χ2n) is 6.42. The molecule has 0 spiro atoms. The third-order valence-corrected chi connectivity index (χ3v) is 5.86. The number of likely N-dealkylation sites (N-methyl/N-ethyl adjacent to an activating group) is 1. The molecule has 0 aliphatic heterocycles. The molecule has 1 aromatic rings. The molecule has 1 unspecified atom stereocenters. The van der Waals surface area contributed by atoms with Crippen LogP contribution in [0.2, 0.25) is 0 Å². The number of hydrogen-bond donors (Lipinski definition) is 1. The van der Waals surface area contributed by atoms with Gasteiger partial charge in [0.05, 0.1) is 0 Å². The van der Waals surface area contributed by atoms with E-state index in [9.17, 15) is 0 Å². The Bertz CT molecular complexity index is 444. The van der Waals surface area contributed by atoms with Crippen LogP contribution in [0.15, 0.2) is 28.7 Å². The normalized spacial score (nSPS) is 26.0. The zero-order chi connectivity index (χ0) is 14.1. The first-order chi connectivity index (χ1) is 8.93. The summed E-state index contributed by atoms with van der Waals surface area (Å²) in [7, 11) is 2.22. The van der Waals surface area contributed by atoms with Crippen molar-refractivity contribution in [2.45, 2.75) is 45.2 Å². The highest BCUT2D eigenvalue weighted by Crippen LogP contribution is 2.49. The zero-order valence-electron chi connectivity index (χ0n) is 12.2. The molecule has 0 bridgehead atoms. The van der Waals surface area contributed by atoms with Gasteiger partial charge in [-0.3, -0.25) is 4.90 Å². The fraction of sp³-hybridized carbons (Fsp3) is 0.625. The highest BCUT2D eigenvalue weighted by molar-refractivity contribution is 9.10. The Hall–Kier alpha value is -0.380. The molecule has 0 heterocycles. The van der Waals surface area contributed by atoms with Gasteiger partial charge in [0, 0.05) is 23.1 Å². The molecule has 1 saturated carbocycles. The lowest BCUT2D eigenvalue weighted by Crippen LogP contribution is -2.58. The molecule has 2 N–H and O–H groups in total. The van der Waals surface area contributed by atoms with Crippen molar-refractivity contribution in [3.63, 3.8) is 0 Å². The van der Waals surface area contributed by atoms with Gasteiger partial charge >= 0.3 is 0 Å². The van der Waals surface area contributed by atoms with Crippen molar-refractivity contribution >= 4 is 15.9 Å². The number of halogens is 1. The van der Waals surface area contributed by atoms with Gasteiger partial charge in [-0.1, -0.05) is 54.4 Å². The molecule has 1 aromatic carbocycles. The SMILES string of the molecule is CN(Cc1ccccc1Br)C1(CN)CCCC1(C)C. The van der Waals surface area contributed by atoms with Gasteiger partial charge in [-0.05, 0) is 36.9 Å². The number of nitrogens with two attached hydrogens (primary N) is 1. The highest BCUT2D eigenvalue weighted by Gasteiger charge is 2.50. The van der Waals surface area contributed by atoms with E-state index < -0.39 is 0 Å². The lowest BCUT2D eigenvalue weighted by atomic mass is 9.73. The molecule has 2 rings (SSSR count). The fourth-order valence-corrected chi connectivity index (χ4v) is 4.08. The third kappa shape index (κ3) is 2.61. The lowest BCUT2D eigenvalue weighted by Gasteiger charge is -2.48. The van der Waals surface area contributed by atoms with Crippen LogP contribution in [0.3, 0.4) is 0 Å². The van der Waals surface area contributed by atoms with Crippen molar-refractivity contribution < 1.29 is 0 Å². The summed E-state index contributed by atoms with van der Waals surface area (Å²) < 4.78 is 1.19. The van der Waals surface area contributed by atoms with E-state index >= 15 is 0 Å². The Labute approximate surface area is 125 Å². The molecule has 1 aliphatic carbocycles. The van der Waals surface area contributed by atoms with Crippen LogP contribution in [0.25, 0.3) is 0 Å². The predicted molar refractivity (Wildman–Crippen MR) is 85.0 cm³/mol. The lowest BCUT2D eigenvalue weighted by molar-refractivity contribution is 0.0275. The van der Waals surface area contributed by atoms with Crippen LogP contribution in [0, 0.1) is 5.41 Å². The van der Waals surface area contributed by atoms with E-state index in [0.29, 0.717) is 0 Å². The summed E-state index contributed by atoms with van der Waals surface area (Å²) in [5.41, 5.74) is 7.93. The van der Waals surface area contributed by atoms with Crippen LogP contribution in [-0.2, 0) is 6.54 Å². The van der Waals surface area contributed by atoms with Gasteiger partial charge in [-0.25, -0.2) is 0 Å². The average molecular weight is 325 g/mol. The smallest absolute Gasteiger partial charge is 0.0383 e. The van der Waals surface area contributed by atoms with Crippen LogP contribution in [-0.4, -0.2) is 24.0 Å². The summed E-state index contributed by atoms with van der Waals surface area (Å²) in [6.45, 7) is 6.41. The maximum absolute atomic E-state index is 6.18. The molecule has 1 fully saturated rings. The van der Waals surface area contributed by atoms with E-state index in [1.165, 1.54) is 29.3 Å². The molecule has 2 nitrogen and oxygen atoms in total. The molecular formula is C16H25BrN2. The topological polar surface area (TPSA) is 29.3 Å². The van der Waals surface area contributed by atoms with Crippen LogP contribution in [0.4, 0.5) is 0 Å². The summed E-state index contributed by atoms with van der Waals surface area (Å²) in [5.74, 6) is 0. The van der Waals surface area contributed by atoms with E-state index in [-0.39, 0.29) is 11.0 Å². The van der Waals surface area contributed by atoms with Gasteiger partial charge in [0.2, 0.25) is 0 Å². The van der Waals surface area contributed by atoms with Crippen molar-refractivity contribution in [1.29, 1.82) is 0 Å². The summed E-state index contributed by atoms with van der Waals surface area (Å²) in [6, 6.07) is 8.46. The van der Waals surface area contributed by atoms with Crippen molar-refractivity contribution in [3.05, 3.63) is 34.3 Å².